The molecule has 1 saturated heterocycles. The van der Waals surface area contributed by atoms with Gasteiger partial charge in [0, 0.05) is 12.2 Å². The van der Waals surface area contributed by atoms with Crippen LogP contribution in [0.4, 0.5) is 5.69 Å². The van der Waals surface area contributed by atoms with Crippen LogP contribution in [-0.2, 0) is 4.79 Å². The summed E-state index contributed by atoms with van der Waals surface area (Å²) < 4.78 is 0. The summed E-state index contributed by atoms with van der Waals surface area (Å²) in [6, 6.07) is 7.73. The number of piperidine rings is 1. The van der Waals surface area contributed by atoms with E-state index in [1.54, 1.807) is 0 Å². The maximum atomic E-state index is 11.9. The molecule has 2 N–H and O–H groups in total. The number of anilines is 1. The Hall–Kier alpha value is -1.39. The van der Waals surface area contributed by atoms with Crippen molar-refractivity contribution in [2.45, 2.75) is 25.9 Å². The molecule has 0 aliphatic carbocycles. The number of benzene rings is 1. The number of likely N-dealkylation sites (tertiary alicyclic amines) is 1. The molecule has 4 nitrogen and oxygen atoms in total. The summed E-state index contributed by atoms with van der Waals surface area (Å²) in [5.74, 6) is -0.0154. The number of carbonyl (C=O) groups excluding carboxylic acids is 1. The van der Waals surface area contributed by atoms with E-state index in [0.29, 0.717) is 13.1 Å². The molecule has 1 heterocycles. The van der Waals surface area contributed by atoms with Gasteiger partial charge in [0.1, 0.15) is 0 Å². The number of amides is 1. The van der Waals surface area contributed by atoms with E-state index < -0.39 is 0 Å². The summed E-state index contributed by atoms with van der Waals surface area (Å²) in [5.41, 5.74) is 1.92. The van der Waals surface area contributed by atoms with Crippen molar-refractivity contribution in [3.63, 3.8) is 0 Å². The number of hydrogen-bond acceptors (Lipinski definition) is 3. The predicted molar refractivity (Wildman–Crippen MR) is 71.5 cm³/mol. The lowest BCUT2D eigenvalue weighted by atomic mass is 10.1. The molecule has 0 bridgehead atoms. The molecule has 0 radical (unpaired) electrons. The highest BCUT2D eigenvalue weighted by atomic mass is 16.3. The third-order valence-corrected chi connectivity index (χ3v) is 3.27. The zero-order chi connectivity index (χ0) is 13.0. The molecule has 0 saturated carbocycles. The fourth-order valence-electron chi connectivity index (χ4n) is 2.28. The number of para-hydroxylation sites is 1. The number of hydrogen-bond donors (Lipinski definition) is 2. The van der Waals surface area contributed by atoms with E-state index in [4.69, 9.17) is 0 Å². The Kier molecular flexibility index (Phi) is 4.33. The van der Waals surface area contributed by atoms with Crippen LogP contribution < -0.4 is 5.32 Å². The number of nitrogens with one attached hydrogen (secondary N) is 1. The Labute approximate surface area is 108 Å². The Morgan fingerprint density at radius 1 is 1.50 bits per heavy atom. The average Bonchev–Trinajstić information content (AvgIpc) is 2.32. The molecule has 1 amide bonds. The molecule has 1 aliphatic heterocycles. The standard InChI is InChI=1S/C14H20N2O2/c1-11-5-2-3-7-13(11)15-14(18)10-16-8-4-6-12(17)9-16/h2-3,5,7,12,17H,4,6,8-10H2,1H3,(H,15,18)/t12-/m0/s1. The van der Waals surface area contributed by atoms with Crippen molar-refractivity contribution in [1.82, 2.24) is 4.90 Å². The lowest BCUT2D eigenvalue weighted by Crippen LogP contribution is -2.42. The summed E-state index contributed by atoms with van der Waals surface area (Å²) in [6.45, 7) is 3.81. The molecule has 4 heteroatoms. The maximum Gasteiger partial charge on any atom is 0.238 e. The fourth-order valence-corrected chi connectivity index (χ4v) is 2.28. The molecule has 98 valence electrons. The normalized spacial score (nSPS) is 20.7. The van der Waals surface area contributed by atoms with Crippen LogP contribution in [-0.4, -0.2) is 41.7 Å². The van der Waals surface area contributed by atoms with Crippen molar-refractivity contribution in [3.8, 4) is 0 Å². The Bertz CT molecular complexity index is 420. The largest absolute Gasteiger partial charge is 0.392 e. The summed E-state index contributed by atoms with van der Waals surface area (Å²) in [7, 11) is 0. The molecule has 2 rings (SSSR count). The molecule has 0 spiro atoms. The zero-order valence-corrected chi connectivity index (χ0v) is 10.7. The Morgan fingerprint density at radius 2 is 2.28 bits per heavy atom. The van der Waals surface area contributed by atoms with Gasteiger partial charge in [0.05, 0.1) is 12.6 Å². The van der Waals surface area contributed by atoms with Crippen molar-refractivity contribution < 1.29 is 9.90 Å². The van der Waals surface area contributed by atoms with Gasteiger partial charge in [0.15, 0.2) is 0 Å². The lowest BCUT2D eigenvalue weighted by Gasteiger charge is -2.29. The van der Waals surface area contributed by atoms with E-state index in [1.165, 1.54) is 0 Å². The van der Waals surface area contributed by atoms with Crippen molar-refractivity contribution in [3.05, 3.63) is 29.8 Å². The zero-order valence-electron chi connectivity index (χ0n) is 10.7. The summed E-state index contributed by atoms with van der Waals surface area (Å²) >= 11 is 0. The molecule has 0 unspecified atom stereocenters. The first-order valence-corrected chi connectivity index (χ1v) is 6.41. The summed E-state index contributed by atoms with van der Waals surface area (Å²) in [4.78, 5) is 13.9. The predicted octanol–water partition coefficient (Wildman–Crippen LogP) is 1.39. The monoisotopic (exact) mass is 248 g/mol. The number of aryl methyl sites for hydroxylation is 1. The summed E-state index contributed by atoms with van der Waals surface area (Å²) in [5, 5.41) is 12.5. The third-order valence-electron chi connectivity index (χ3n) is 3.27. The highest BCUT2D eigenvalue weighted by Gasteiger charge is 2.19. The molecule has 1 fully saturated rings. The van der Waals surface area contributed by atoms with Gasteiger partial charge in [-0.25, -0.2) is 0 Å². The van der Waals surface area contributed by atoms with Crippen LogP contribution in [0.2, 0.25) is 0 Å². The van der Waals surface area contributed by atoms with Crippen LogP contribution in [0.25, 0.3) is 0 Å². The van der Waals surface area contributed by atoms with Crippen LogP contribution in [0.1, 0.15) is 18.4 Å². The Balaban J connectivity index is 1.87. The van der Waals surface area contributed by atoms with Crippen molar-refractivity contribution in [2.24, 2.45) is 0 Å². The molecular weight excluding hydrogens is 228 g/mol. The SMILES string of the molecule is Cc1ccccc1NC(=O)CN1CCC[C@H](O)C1. The highest BCUT2D eigenvalue weighted by Crippen LogP contribution is 2.14. The minimum absolute atomic E-state index is 0.0154. The first-order chi connectivity index (χ1) is 8.65. The van der Waals surface area contributed by atoms with Crippen molar-refractivity contribution in [1.29, 1.82) is 0 Å². The van der Waals surface area contributed by atoms with Crippen LogP contribution in [0.3, 0.4) is 0 Å². The van der Waals surface area contributed by atoms with Gasteiger partial charge in [0.25, 0.3) is 0 Å². The van der Waals surface area contributed by atoms with Crippen LogP contribution in [0.15, 0.2) is 24.3 Å². The van der Waals surface area contributed by atoms with Gasteiger partial charge in [-0.3, -0.25) is 9.69 Å². The van der Waals surface area contributed by atoms with Gasteiger partial charge < -0.3 is 10.4 Å². The van der Waals surface area contributed by atoms with Gasteiger partial charge in [0.2, 0.25) is 5.91 Å². The average molecular weight is 248 g/mol. The molecule has 18 heavy (non-hydrogen) atoms. The first kappa shape index (κ1) is 13.1. The number of aliphatic hydroxyl groups excluding tert-OH is 1. The second-order valence-electron chi connectivity index (χ2n) is 4.89. The van der Waals surface area contributed by atoms with E-state index in [2.05, 4.69) is 5.32 Å². The third kappa shape index (κ3) is 3.55. The molecule has 1 atom stereocenters. The highest BCUT2D eigenvalue weighted by molar-refractivity contribution is 5.92. The van der Waals surface area contributed by atoms with Crippen LogP contribution in [0, 0.1) is 6.92 Å². The maximum absolute atomic E-state index is 11.9. The van der Waals surface area contributed by atoms with E-state index >= 15 is 0 Å². The second-order valence-corrected chi connectivity index (χ2v) is 4.89. The van der Waals surface area contributed by atoms with E-state index in [9.17, 15) is 9.90 Å². The van der Waals surface area contributed by atoms with Gasteiger partial charge >= 0.3 is 0 Å². The lowest BCUT2D eigenvalue weighted by molar-refractivity contribution is -0.118. The minimum Gasteiger partial charge on any atom is -0.392 e. The second kappa shape index (κ2) is 5.98. The number of β-amino-alcohol motifs (C(OH)–C–C–N with tert-alkyl or cyclic N) is 1. The fraction of sp³-hybridized carbons (Fsp3) is 0.500. The van der Waals surface area contributed by atoms with Gasteiger partial charge in [-0.15, -0.1) is 0 Å². The van der Waals surface area contributed by atoms with E-state index in [1.807, 2.05) is 36.1 Å². The number of rotatable bonds is 3. The smallest absolute Gasteiger partial charge is 0.238 e. The molecule has 1 aliphatic rings. The van der Waals surface area contributed by atoms with E-state index in [-0.39, 0.29) is 12.0 Å². The summed E-state index contributed by atoms with van der Waals surface area (Å²) in [6.07, 6.45) is 1.51. The molecular formula is C14H20N2O2. The minimum atomic E-state index is -0.287. The van der Waals surface area contributed by atoms with Crippen molar-refractivity contribution in [2.75, 3.05) is 25.0 Å². The number of nitrogens with zero attached hydrogens (tertiary/aromatic N) is 1. The number of carbonyl (C=O) groups is 1. The molecule has 0 aromatic heterocycles. The van der Waals surface area contributed by atoms with Gasteiger partial charge in [-0.05, 0) is 37.9 Å². The van der Waals surface area contributed by atoms with Gasteiger partial charge in [-0.1, -0.05) is 18.2 Å². The van der Waals surface area contributed by atoms with Crippen LogP contribution in [0.5, 0.6) is 0 Å². The first-order valence-electron chi connectivity index (χ1n) is 6.41. The quantitative estimate of drug-likeness (QED) is 0.850. The molecule has 1 aromatic carbocycles. The van der Waals surface area contributed by atoms with Gasteiger partial charge in [-0.2, -0.15) is 0 Å². The molecule has 1 aromatic rings. The van der Waals surface area contributed by atoms with Crippen LogP contribution >= 0.6 is 0 Å². The van der Waals surface area contributed by atoms with Crippen molar-refractivity contribution >= 4 is 11.6 Å². The topological polar surface area (TPSA) is 52.6 Å². The Morgan fingerprint density at radius 3 is 3.00 bits per heavy atom. The number of aliphatic hydroxyl groups is 1. The van der Waals surface area contributed by atoms with E-state index in [0.717, 1.165) is 30.6 Å².